The molecule has 0 aromatic heterocycles. The number of hydrogen-bond acceptors (Lipinski definition) is 7. The van der Waals surface area contributed by atoms with Crippen LogP contribution in [0.15, 0.2) is 78.4 Å². The molecule has 37 heavy (non-hydrogen) atoms. The minimum absolute atomic E-state index is 0.109. The summed E-state index contributed by atoms with van der Waals surface area (Å²) in [6.45, 7) is 0.109. The van der Waals surface area contributed by atoms with Crippen molar-refractivity contribution in [3.8, 4) is 5.75 Å². The van der Waals surface area contributed by atoms with E-state index in [1.54, 1.807) is 36.4 Å². The van der Waals surface area contributed by atoms with Gasteiger partial charge in [-0.15, -0.1) is 0 Å². The summed E-state index contributed by atoms with van der Waals surface area (Å²) in [6, 6.07) is 17.5. The number of carbonyl (C=O) groups is 5. The van der Waals surface area contributed by atoms with Gasteiger partial charge in [-0.3, -0.25) is 14.9 Å². The average Bonchev–Trinajstić information content (AvgIpc) is 2.90. The maximum Gasteiger partial charge on any atom is 0.337 e. The van der Waals surface area contributed by atoms with Gasteiger partial charge in [0.05, 0.1) is 23.9 Å². The SMILES string of the molecule is COC(=O)c1ccc(N2C(=O)NC(=O)/C(=C\c3ccccc3OCc3ccc(C(=O)O)cc3)C2=O)cc1. The zero-order valence-electron chi connectivity index (χ0n) is 19.5. The minimum Gasteiger partial charge on any atom is -0.488 e. The summed E-state index contributed by atoms with van der Waals surface area (Å²) in [5, 5.41) is 11.2. The van der Waals surface area contributed by atoms with Crippen molar-refractivity contribution in [3.63, 3.8) is 0 Å². The number of amides is 4. The van der Waals surface area contributed by atoms with Crippen molar-refractivity contribution in [1.82, 2.24) is 5.32 Å². The van der Waals surface area contributed by atoms with Crippen LogP contribution >= 0.6 is 0 Å². The van der Waals surface area contributed by atoms with Crippen molar-refractivity contribution in [1.29, 1.82) is 0 Å². The Hall–Kier alpha value is -5.25. The highest BCUT2D eigenvalue weighted by molar-refractivity contribution is 6.39. The first-order valence-corrected chi connectivity index (χ1v) is 10.9. The molecule has 1 aliphatic rings. The fourth-order valence-electron chi connectivity index (χ4n) is 3.55. The molecule has 4 amide bonds. The zero-order chi connectivity index (χ0) is 26.5. The van der Waals surface area contributed by atoms with Crippen molar-refractivity contribution in [2.75, 3.05) is 12.0 Å². The zero-order valence-corrected chi connectivity index (χ0v) is 19.5. The predicted molar refractivity (Wildman–Crippen MR) is 131 cm³/mol. The van der Waals surface area contributed by atoms with Crippen LogP contribution in [-0.4, -0.2) is 42.0 Å². The lowest BCUT2D eigenvalue weighted by molar-refractivity contribution is -0.122. The fraction of sp³-hybridized carbons (Fsp3) is 0.0741. The second-order valence-electron chi connectivity index (χ2n) is 7.82. The van der Waals surface area contributed by atoms with E-state index >= 15 is 0 Å². The fourth-order valence-corrected chi connectivity index (χ4v) is 3.55. The molecule has 10 heteroatoms. The summed E-state index contributed by atoms with van der Waals surface area (Å²) in [7, 11) is 1.23. The molecule has 1 aliphatic heterocycles. The van der Waals surface area contributed by atoms with Crippen LogP contribution in [0, 0.1) is 0 Å². The molecule has 0 unspecified atom stereocenters. The largest absolute Gasteiger partial charge is 0.488 e. The number of hydrogen-bond donors (Lipinski definition) is 2. The van der Waals surface area contributed by atoms with E-state index in [0.717, 1.165) is 4.90 Å². The number of para-hydroxylation sites is 1. The van der Waals surface area contributed by atoms with E-state index in [0.29, 0.717) is 16.9 Å². The number of imide groups is 2. The Bertz CT molecular complexity index is 1430. The molecule has 1 saturated heterocycles. The Morgan fingerprint density at radius 1 is 0.919 bits per heavy atom. The number of benzene rings is 3. The van der Waals surface area contributed by atoms with Gasteiger partial charge in [-0.25, -0.2) is 19.3 Å². The molecular weight excluding hydrogens is 480 g/mol. The lowest BCUT2D eigenvalue weighted by Crippen LogP contribution is -2.54. The number of carboxylic acid groups (broad SMARTS) is 1. The Kier molecular flexibility index (Phi) is 7.10. The Morgan fingerprint density at radius 3 is 2.22 bits per heavy atom. The number of carbonyl (C=O) groups excluding carboxylic acids is 4. The number of ether oxygens (including phenoxy) is 2. The van der Waals surface area contributed by atoms with E-state index in [4.69, 9.17) is 9.84 Å². The smallest absolute Gasteiger partial charge is 0.337 e. The van der Waals surface area contributed by atoms with Gasteiger partial charge < -0.3 is 14.6 Å². The first-order chi connectivity index (χ1) is 17.8. The van der Waals surface area contributed by atoms with Gasteiger partial charge in [-0.2, -0.15) is 0 Å². The number of barbiturate groups is 1. The quantitative estimate of drug-likeness (QED) is 0.286. The van der Waals surface area contributed by atoms with Gasteiger partial charge in [-0.1, -0.05) is 30.3 Å². The topological polar surface area (TPSA) is 139 Å². The number of urea groups is 1. The van der Waals surface area contributed by atoms with Gasteiger partial charge in [0, 0.05) is 5.56 Å². The number of carboxylic acids is 1. The molecular formula is C27H20N2O8. The third kappa shape index (κ3) is 5.38. The van der Waals surface area contributed by atoms with Crippen LogP contribution in [0.2, 0.25) is 0 Å². The number of esters is 1. The number of anilines is 1. The second kappa shape index (κ2) is 10.6. The average molecular weight is 500 g/mol. The molecule has 0 saturated carbocycles. The molecule has 10 nitrogen and oxygen atoms in total. The van der Waals surface area contributed by atoms with Crippen molar-refractivity contribution >= 4 is 41.5 Å². The number of aromatic carboxylic acids is 1. The summed E-state index contributed by atoms with van der Waals surface area (Å²) in [5.41, 5.74) is 1.37. The maximum atomic E-state index is 13.2. The van der Waals surface area contributed by atoms with Gasteiger partial charge >= 0.3 is 18.0 Å². The van der Waals surface area contributed by atoms with E-state index in [2.05, 4.69) is 10.1 Å². The van der Waals surface area contributed by atoms with Gasteiger partial charge in [0.2, 0.25) is 0 Å². The van der Waals surface area contributed by atoms with E-state index in [9.17, 15) is 24.0 Å². The van der Waals surface area contributed by atoms with Crippen molar-refractivity contribution < 1.29 is 38.6 Å². The van der Waals surface area contributed by atoms with Gasteiger partial charge in [0.1, 0.15) is 17.9 Å². The van der Waals surface area contributed by atoms with Crippen LogP contribution in [0.3, 0.4) is 0 Å². The van der Waals surface area contributed by atoms with E-state index in [-0.39, 0.29) is 29.0 Å². The summed E-state index contributed by atoms with van der Waals surface area (Å²) in [5.74, 6) is -2.96. The predicted octanol–water partition coefficient (Wildman–Crippen LogP) is 3.42. The second-order valence-corrected chi connectivity index (χ2v) is 7.82. The van der Waals surface area contributed by atoms with Crippen LogP contribution < -0.4 is 15.0 Å². The first-order valence-electron chi connectivity index (χ1n) is 10.9. The lowest BCUT2D eigenvalue weighted by atomic mass is 10.1. The summed E-state index contributed by atoms with van der Waals surface area (Å²) in [6.07, 6.45) is 1.32. The third-order valence-electron chi connectivity index (χ3n) is 5.46. The summed E-state index contributed by atoms with van der Waals surface area (Å²) < 4.78 is 10.5. The number of nitrogens with one attached hydrogen (secondary N) is 1. The summed E-state index contributed by atoms with van der Waals surface area (Å²) in [4.78, 5) is 61.7. The number of methoxy groups -OCH3 is 1. The molecule has 0 bridgehead atoms. The van der Waals surface area contributed by atoms with Crippen molar-refractivity contribution in [2.24, 2.45) is 0 Å². The van der Waals surface area contributed by atoms with Gasteiger partial charge in [0.15, 0.2) is 0 Å². The monoisotopic (exact) mass is 500 g/mol. The number of rotatable bonds is 7. The van der Waals surface area contributed by atoms with Crippen LogP contribution in [0.4, 0.5) is 10.5 Å². The lowest BCUT2D eigenvalue weighted by Gasteiger charge is -2.26. The molecule has 0 spiro atoms. The first kappa shape index (κ1) is 24.9. The van der Waals surface area contributed by atoms with E-state index in [1.165, 1.54) is 49.6 Å². The Balaban J connectivity index is 1.58. The van der Waals surface area contributed by atoms with Crippen LogP contribution in [0.25, 0.3) is 6.08 Å². The molecule has 3 aromatic carbocycles. The standard InChI is InChI=1S/C27H20N2O8/c1-36-26(34)18-10-12-20(13-11-18)29-24(31)21(23(30)28-27(29)35)14-19-4-2-3-5-22(19)37-15-16-6-8-17(9-7-16)25(32)33/h2-14H,15H2,1H3,(H,32,33)(H,28,30,35)/b21-14+. The molecule has 2 N–H and O–H groups in total. The molecule has 0 atom stereocenters. The van der Waals surface area contributed by atoms with Crippen LogP contribution in [0.1, 0.15) is 31.8 Å². The third-order valence-corrected chi connectivity index (χ3v) is 5.46. The van der Waals surface area contributed by atoms with Crippen molar-refractivity contribution in [2.45, 2.75) is 6.61 Å². The molecule has 186 valence electrons. The molecule has 1 fully saturated rings. The highest BCUT2D eigenvalue weighted by Crippen LogP contribution is 2.26. The molecule has 0 aliphatic carbocycles. The molecule has 4 rings (SSSR count). The minimum atomic E-state index is -1.04. The highest BCUT2D eigenvalue weighted by atomic mass is 16.5. The Morgan fingerprint density at radius 2 is 1.57 bits per heavy atom. The van der Waals surface area contributed by atoms with Crippen LogP contribution in [-0.2, 0) is 20.9 Å². The molecule has 3 aromatic rings. The maximum absolute atomic E-state index is 13.2. The summed E-state index contributed by atoms with van der Waals surface area (Å²) >= 11 is 0. The normalized spacial score (nSPS) is 14.4. The molecule has 1 heterocycles. The van der Waals surface area contributed by atoms with Gasteiger partial charge in [0.25, 0.3) is 11.8 Å². The number of nitrogens with zero attached hydrogens (tertiary/aromatic N) is 1. The highest BCUT2D eigenvalue weighted by Gasteiger charge is 2.37. The Labute approximate surface area is 210 Å². The van der Waals surface area contributed by atoms with Crippen molar-refractivity contribution in [3.05, 3.63) is 101 Å². The molecule has 0 radical (unpaired) electrons. The van der Waals surface area contributed by atoms with Gasteiger partial charge in [-0.05, 0) is 54.1 Å². The van der Waals surface area contributed by atoms with Crippen LogP contribution in [0.5, 0.6) is 5.75 Å². The van der Waals surface area contributed by atoms with E-state index in [1.807, 2.05) is 0 Å². The van der Waals surface area contributed by atoms with E-state index < -0.39 is 29.8 Å².